The summed E-state index contributed by atoms with van der Waals surface area (Å²) in [4.78, 5) is 49.1. The summed E-state index contributed by atoms with van der Waals surface area (Å²) in [6.07, 6.45) is -1.12. The molecule has 0 spiro atoms. The third kappa shape index (κ3) is 3.32. The highest BCUT2D eigenvalue weighted by atomic mass is 16.5. The van der Waals surface area contributed by atoms with Crippen molar-refractivity contribution in [3.63, 3.8) is 0 Å². The van der Waals surface area contributed by atoms with E-state index in [9.17, 15) is 19.2 Å². The molecule has 26 heavy (non-hydrogen) atoms. The van der Waals surface area contributed by atoms with Crippen LogP contribution in [0.1, 0.15) is 23.0 Å². The highest BCUT2D eigenvalue weighted by molar-refractivity contribution is 6.52. The number of nitrogens with one attached hydrogen (secondary N) is 1. The lowest BCUT2D eigenvalue weighted by Crippen LogP contribution is -2.38. The smallest absolute Gasteiger partial charge is 0.326 e. The van der Waals surface area contributed by atoms with Crippen LogP contribution in [0.4, 0.5) is 11.5 Å². The SMILES string of the molecule is Cc1cc(NC(=O)[C@H](C)OC(=O)CN2C(=O)C(=O)c3ccccc32)no1. The van der Waals surface area contributed by atoms with Crippen LogP contribution >= 0.6 is 0 Å². The first-order valence-corrected chi connectivity index (χ1v) is 7.75. The van der Waals surface area contributed by atoms with E-state index in [4.69, 9.17) is 9.26 Å². The van der Waals surface area contributed by atoms with Crippen molar-refractivity contribution in [1.82, 2.24) is 5.16 Å². The third-order valence-electron chi connectivity index (χ3n) is 3.72. The number of ether oxygens (including phenoxy) is 1. The fraction of sp³-hybridized carbons (Fsp3) is 0.235. The van der Waals surface area contributed by atoms with E-state index in [1.54, 1.807) is 25.1 Å². The number of carbonyl (C=O) groups is 4. The molecule has 0 fully saturated rings. The summed E-state index contributed by atoms with van der Waals surface area (Å²) >= 11 is 0. The van der Waals surface area contributed by atoms with Crippen molar-refractivity contribution in [2.75, 3.05) is 16.8 Å². The van der Waals surface area contributed by atoms with Gasteiger partial charge in [0.15, 0.2) is 11.9 Å². The van der Waals surface area contributed by atoms with Crippen molar-refractivity contribution >= 4 is 35.1 Å². The number of hydrogen-bond acceptors (Lipinski definition) is 7. The first kappa shape index (κ1) is 17.3. The molecule has 9 nitrogen and oxygen atoms in total. The lowest BCUT2D eigenvalue weighted by atomic mass is 10.1. The first-order valence-electron chi connectivity index (χ1n) is 7.75. The second-order valence-electron chi connectivity index (χ2n) is 5.68. The highest BCUT2D eigenvalue weighted by Crippen LogP contribution is 2.28. The van der Waals surface area contributed by atoms with Crippen LogP contribution < -0.4 is 10.2 Å². The van der Waals surface area contributed by atoms with Crippen LogP contribution in [0.25, 0.3) is 0 Å². The Kier molecular flexibility index (Phi) is 4.53. The standard InChI is InChI=1S/C17H15N3O6/c1-9-7-13(19-26-9)18-16(23)10(2)25-14(21)8-20-12-6-4-3-5-11(12)15(22)17(20)24/h3-7,10H,8H2,1-2H3,(H,18,19,23)/t10-/m0/s1. The van der Waals surface area contributed by atoms with Crippen LogP contribution in [0.2, 0.25) is 0 Å². The number of rotatable bonds is 5. The van der Waals surface area contributed by atoms with Crippen LogP contribution in [0.5, 0.6) is 0 Å². The van der Waals surface area contributed by atoms with Gasteiger partial charge in [-0.3, -0.25) is 24.1 Å². The van der Waals surface area contributed by atoms with Crippen molar-refractivity contribution in [1.29, 1.82) is 0 Å². The van der Waals surface area contributed by atoms with Gasteiger partial charge >= 0.3 is 5.97 Å². The van der Waals surface area contributed by atoms with Gasteiger partial charge in [0.05, 0.1) is 11.3 Å². The third-order valence-corrected chi connectivity index (χ3v) is 3.72. The number of fused-ring (bicyclic) bond motifs is 1. The van der Waals surface area contributed by atoms with Gasteiger partial charge in [0.1, 0.15) is 12.3 Å². The Morgan fingerprint density at radius 3 is 2.73 bits per heavy atom. The predicted octanol–water partition coefficient (Wildman–Crippen LogP) is 1.08. The maximum absolute atomic E-state index is 12.1. The largest absolute Gasteiger partial charge is 0.451 e. The van der Waals surface area contributed by atoms with E-state index < -0.39 is 36.2 Å². The second-order valence-corrected chi connectivity index (χ2v) is 5.68. The minimum Gasteiger partial charge on any atom is -0.451 e. The number of ketones is 1. The molecule has 1 aromatic carbocycles. The molecule has 3 rings (SSSR count). The molecule has 0 radical (unpaired) electrons. The topological polar surface area (TPSA) is 119 Å². The second kappa shape index (κ2) is 6.79. The highest BCUT2D eigenvalue weighted by Gasteiger charge is 2.37. The van der Waals surface area contributed by atoms with Crippen LogP contribution in [0.15, 0.2) is 34.9 Å². The number of aromatic nitrogens is 1. The molecule has 0 saturated heterocycles. The Morgan fingerprint density at radius 2 is 2.04 bits per heavy atom. The molecule has 2 aromatic rings. The average molecular weight is 357 g/mol. The number of Topliss-reactive ketones (excluding diaryl/α,β-unsaturated/α-hetero) is 1. The van der Waals surface area contributed by atoms with E-state index in [1.165, 1.54) is 19.1 Å². The molecule has 134 valence electrons. The minimum atomic E-state index is -1.12. The number of amides is 2. The van der Waals surface area contributed by atoms with Crippen molar-refractivity contribution in [3.8, 4) is 0 Å². The van der Waals surface area contributed by atoms with E-state index in [-0.39, 0.29) is 11.4 Å². The van der Waals surface area contributed by atoms with Gasteiger partial charge in [-0.15, -0.1) is 0 Å². The molecule has 1 aliphatic heterocycles. The normalized spacial score (nSPS) is 14.2. The number of para-hydroxylation sites is 1. The number of benzene rings is 1. The number of esters is 1. The van der Waals surface area contributed by atoms with Gasteiger partial charge in [0.2, 0.25) is 0 Å². The summed E-state index contributed by atoms with van der Waals surface area (Å²) in [5, 5.41) is 6.04. The summed E-state index contributed by atoms with van der Waals surface area (Å²) < 4.78 is 9.86. The molecule has 1 atom stereocenters. The summed E-state index contributed by atoms with van der Waals surface area (Å²) in [5.74, 6) is -2.19. The molecule has 0 bridgehead atoms. The fourth-order valence-electron chi connectivity index (χ4n) is 2.48. The van der Waals surface area contributed by atoms with Gasteiger partial charge in [-0.05, 0) is 26.0 Å². The number of aryl methyl sites for hydroxylation is 1. The monoisotopic (exact) mass is 357 g/mol. The minimum absolute atomic E-state index is 0.199. The number of carbonyl (C=O) groups excluding carboxylic acids is 4. The number of nitrogens with zero attached hydrogens (tertiary/aromatic N) is 2. The maximum atomic E-state index is 12.1. The van der Waals surface area contributed by atoms with E-state index in [2.05, 4.69) is 10.5 Å². The fourth-order valence-corrected chi connectivity index (χ4v) is 2.48. The Bertz CT molecular complexity index is 903. The molecule has 9 heteroatoms. The maximum Gasteiger partial charge on any atom is 0.326 e. The van der Waals surface area contributed by atoms with E-state index in [0.29, 0.717) is 11.4 Å². The molecule has 1 aliphatic rings. The van der Waals surface area contributed by atoms with E-state index in [1.807, 2.05) is 0 Å². The van der Waals surface area contributed by atoms with Crippen LogP contribution in [-0.2, 0) is 19.1 Å². The molecule has 0 unspecified atom stereocenters. The summed E-state index contributed by atoms with van der Waals surface area (Å²) in [6, 6.07) is 7.87. The van der Waals surface area contributed by atoms with Gasteiger partial charge in [0, 0.05) is 6.07 Å². The quantitative estimate of drug-likeness (QED) is 0.628. The lowest BCUT2D eigenvalue weighted by molar-refractivity contribution is -0.152. The zero-order valence-corrected chi connectivity index (χ0v) is 14.0. The van der Waals surface area contributed by atoms with Gasteiger partial charge < -0.3 is 14.6 Å². The molecule has 2 amide bonds. The Balaban J connectivity index is 1.61. The Labute approximate surface area is 147 Å². The molecule has 1 N–H and O–H groups in total. The van der Waals surface area contributed by atoms with Crippen LogP contribution in [-0.4, -0.2) is 41.4 Å². The van der Waals surface area contributed by atoms with E-state index >= 15 is 0 Å². The summed E-state index contributed by atoms with van der Waals surface area (Å²) in [6.45, 7) is 2.58. The van der Waals surface area contributed by atoms with Gasteiger partial charge in [-0.25, -0.2) is 0 Å². The van der Waals surface area contributed by atoms with Gasteiger partial charge in [-0.1, -0.05) is 17.3 Å². The van der Waals surface area contributed by atoms with Crippen molar-refractivity contribution in [2.45, 2.75) is 20.0 Å². The van der Waals surface area contributed by atoms with Gasteiger partial charge in [0.25, 0.3) is 17.6 Å². The lowest BCUT2D eigenvalue weighted by Gasteiger charge is -2.17. The molecule has 0 saturated carbocycles. The van der Waals surface area contributed by atoms with Crippen LogP contribution in [0.3, 0.4) is 0 Å². The number of anilines is 2. The summed E-state index contributed by atoms with van der Waals surface area (Å²) in [7, 11) is 0. The molecule has 0 aliphatic carbocycles. The van der Waals surface area contributed by atoms with Crippen molar-refractivity contribution in [3.05, 3.63) is 41.7 Å². The first-order chi connectivity index (χ1) is 12.4. The van der Waals surface area contributed by atoms with Crippen LogP contribution in [0, 0.1) is 6.92 Å². The van der Waals surface area contributed by atoms with Gasteiger partial charge in [-0.2, -0.15) is 0 Å². The molecule has 2 heterocycles. The summed E-state index contributed by atoms with van der Waals surface area (Å²) in [5.41, 5.74) is 0.576. The number of hydrogen-bond donors (Lipinski definition) is 1. The zero-order chi connectivity index (χ0) is 18.8. The predicted molar refractivity (Wildman–Crippen MR) is 88.5 cm³/mol. The Hall–Kier alpha value is -3.49. The molecule has 1 aromatic heterocycles. The molecular weight excluding hydrogens is 342 g/mol. The van der Waals surface area contributed by atoms with E-state index in [0.717, 1.165) is 4.90 Å². The molecular formula is C17H15N3O6. The van der Waals surface area contributed by atoms with Crippen molar-refractivity contribution in [2.24, 2.45) is 0 Å². The van der Waals surface area contributed by atoms with Crippen molar-refractivity contribution < 1.29 is 28.4 Å². The average Bonchev–Trinajstić information content (AvgIpc) is 3.12. The zero-order valence-electron chi connectivity index (χ0n) is 14.0. The Morgan fingerprint density at radius 1 is 1.31 bits per heavy atom.